The summed E-state index contributed by atoms with van der Waals surface area (Å²) in [5.74, 6) is -0.0276. The van der Waals surface area contributed by atoms with E-state index in [2.05, 4.69) is 5.32 Å². The van der Waals surface area contributed by atoms with E-state index < -0.39 is 6.10 Å². The predicted molar refractivity (Wildman–Crippen MR) is 68.6 cm³/mol. The first kappa shape index (κ1) is 12.9. The molecule has 2 rings (SSSR count). The molecule has 0 heterocycles. The molecule has 0 saturated heterocycles. The Balaban J connectivity index is 2.07. The number of rotatable bonds is 2. The van der Waals surface area contributed by atoms with Gasteiger partial charge in [-0.3, -0.25) is 4.79 Å². The maximum absolute atomic E-state index is 12.1. The molecule has 1 aromatic carbocycles. The van der Waals surface area contributed by atoms with Crippen molar-refractivity contribution in [1.29, 1.82) is 0 Å². The highest BCUT2D eigenvalue weighted by Crippen LogP contribution is 2.20. The van der Waals surface area contributed by atoms with Crippen molar-refractivity contribution in [2.75, 3.05) is 0 Å². The molecule has 0 spiro atoms. The number of benzene rings is 1. The Kier molecular flexibility index (Phi) is 3.87. The molecule has 1 saturated carbocycles. The highest BCUT2D eigenvalue weighted by Gasteiger charge is 2.25. The van der Waals surface area contributed by atoms with Crippen molar-refractivity contribution in [2.45, 2.75) is 44.8 Å². The van der Waals surface area contributed by atoms with Gasteiger partial charge in [-0.1, -0.05) is 12.8 Å². The molecule has 1 aromatic rings. The van der Waals surface area contributed by atoms with E-state index in [0.717, 1.165) is 31.2 Å². The van der Waals surface area contributed by atoms with E-state index in [-0.39, 0.29) is 17.7 Å². The van der Waals surface area contributed by atoms with Crippen molar-refractivity contribution in [3.63, 3.8) is 0 Å². The largest absolute Gasteiger partial charge is 0.508 e. The third-order valence-electron chi connectivity index (χ3n) is 3.50. The zero-order valence-corrected chi connectivity index (χ0v) is 10.5. The third-order valence-corrected chi connectivity index (χ3v) is 3.50. The number of hydrogen-bond donors (Lipinski definition) is 3. The summed E-state index contributed by atoms with van der Waals surface area (Å²) in [5, 5.41) is 22.0. The van der Waals surface area contributed by atoms with Crippen molar-refractivity contribution in [2.24, 2.45) is 0 Å². The van der Waals surface area contributed by atoms with Gasteiger partial charge in [0.1, 0.15) is 5.75 Å². The first-order chi connectivity index (χ1) is 8.58. The average Bonchev–Trinajstić information content (AvgIpc) is 2.32. The summed E-state index contributed by atoms with van der Waals surface area (Å²) in [5.41, 5.74) is 1.28. The van der Waals surface area contributed by atoms with Crippen LogP contribution in [0, 0.1) is 6.92 Å². The molecule has 1 aliphatic rings. The second kappa shape index (κ2) is 5.40. The normalized spacial score (nSPS) is 23.7. The standard InChI is InChI=1S/C14H19NO3/c1-9-8-10(16)6-7-11(9)14(18)15-12-4-2-3-5-13(12)17/h6-8,12-13,16-17H,2-5H2,1H3,(H,15,18)/t12-,13-/m0/s1. The third kappa shape index (κ3) is 2.82. The van der Waals surface area contributed by atoms with Gasteiger partial charge in [0.05, 0.1) is 12.1 Å². The van der Waals surface area contributed by atoms with Crippen LogP contribution < -0.4 is 5.32 Å². The van der Waals surface area contributed by atoms with E-state index in [1.807, 2.05) is 0 Å². The lowest BCUT2D eigenvalue weighted by Crippen LogP contribution is -2.45. The van der Waals surface area contributed by atoms with Gasteiger partial charge in [-0.2, -0.15) is 0 Å². The number of nitrogens with one attached hydrogen (secondary N) is 1. The minimum absolute atomic E-state index is 0.153. The summed E-state index contributed by atoms with van der Waals surface area (Å²) in [4.78, 5) is 12.1. The van der Waals surface area contributed by atoms with E-state index in [0.29, 0.717) is 5.56 Å². The molecular formula is C14H19NO3. The van der Waals surface area contributed by atoms with Crippen LogP contribution in [0.2, 0.25) is 0 Å². The second-order valence-electron chi connectivity index (χ2n) is 4.93. The molecule has 0 aliphatic heterocycles. The molecule has 0 bridgehead atoms. The first-order valence-corrected chi connectivity index (χ1v) is 6.36. The van der Waals surface area contributed by atoms with Gasteiger partial charge in [-0.15, -0.1) is 0 Å². The Morgan fingerprint density at radius 3 is 2.72 bits per heavy atom. The van der Waals surface area contributed by atoms with Crippen LogP contribution in [-0.4, -0.2) is 28.3 Å². The highest BCUT2D eigenvalue weighted by atomic mass is 16.3. The van der Waals surface area contributed by atoms with Crippen molar-refractivity contribution in [3.05, 3.63) is 29.3 Å². The molecule has 2 atom stereocenters. The van der Waals surface area contributed by atoms with Gasteiger partial charge in [0.15, 0.2) is 0 Å². The van der Waals surface area contributed by atoms with Gasteiger partial charge in [-0.25, -0.2) is 0 Å². The van der Waals surface area contributed by atoms with E-state index in [9.17, 15) is 15.0 Å². The van der Waals surface area contributed by atoms with Crippen LogP contribution in [0.3, 0.4) is 0 Å². The van der Waals surface area contributed by atoms with Crippen LogP contribution >= 0.6 is 0 Å². The van der Waals surface area contributed by atoms with E-state index >= 15 is 0 Å². The van der Waals surface area contributed by atoms with E-state index in [1.54, 1.807) is 19.1 Å². The van der Waals surface area contributed by atoms with Gasteiger partial charge in [0, 0.05) is 5.56 Å². The van der Waals surface area contributed by atoms with Crippen LogP contribution in [0.25, 0.3) is 0 Å². The summed E-state index contributed by atoms with van der Waals surface area (Å²) >= 11 is 0. The molecule has 1 aliphatic carbocycles. The summed E-state index contributed by atoms with van der Waals surface area (Å²) in [6, 6.07) is 4.51. The van der Waals surface area contributed by atoms with Gasteiger partial charge in [0.2, 0.25) is 0 Å². The maximum atomic E-state index is 12.1. The molecule has 4 nitrogen and oxygen atoms in total. The van der Waals surface area contributed by atoms with Gasteiger partial charge in [0.25, 0.3) is 5.91 Å². The van der Waals surface area contributed by atoms with Crippen LogP contribution in [0.5, 0.6) is 5.75 Å². The van der Waals surface area contributed by atoms with Crippen molar-refractivity contribution in [3.8, 4) is 5.75 Å². The molecule has 0 radical (unpaired) electrons. The molecule has 0 unspecified atom stereocenters. The molecule has 4 heteroatoms. The SMILES string of the molecule is Cc1cc(O)ccc1C(=O)N[C@H]1CCCC[C@@H]1O. The lowest BCUT2D eigenvalue weighted by atomic mass is 9.92. The zero-order chi connectivity index (χ0) is 13.1. The molecule has 0 aromatic heterocycles. The molecule has 3 N–H and O–H groups in total. The predicted octanol–water partition coefficient (Wildman–Crippen LogP) is 1.73. The lowest BCUT2D eigenvalue weighted by Gasteiger charge is -2.28. The van der Waals surface area contributed by atoms with Crippen LogP contribution in [0.4, 0.5) is 0 Å². The number of carbonyl (C=O) groups is 1. The molecule has 1 amide bonds. The smallest absolute Gasteiger partial charge is 0.251 e. The Labute approximate surface area is 107 Å². The molecule has 1 fully saturated rings. The average molecular weight is 249 g/mol. The van der Waals surface area contributed by atoms with E-state index in [1.165, 1.54) is 6.07 Å². The quantitative estimate of drug-likeness (QED) is 0.747. The van der Waals surface area contributed by atoms with Crippen molar-refractivity contribution < 1.29 is 15.0 Å². The van der Waals surface area contributed by atoms with Gasteiger partial charge in [-0.05, 0) is 43.5 Å². The fraction of sp³-hybridized carbons (Fsp3) is 0.500. The number of aliphatic hydroxyl groups excluding tert-OH is 1. The van der Waals surface area contributed by atoms with Crippen LogP contribution in [-0.2, 0) is 0 Å². The number of hydrogen-bond acceptors (Lipinski definition) is 3. The number of amides is 1. The van der Waals surface area contributed by atoms with Gasteiger partial charge >= 0.3 is 0 Å². The first-order valence-electron chi connectivity index (χ1n) is 6.36. The Morgan fingerprint density at radius 1 is 1.33 bits per heavy atom. The number of aliphatic hydroxyl groups is 1. The van der Waals surface area contributed by atoms with Gasteiger partial charge < -0.3 is 15.5 Å². The number of aromatic hydroxyl groups is 1. The number of aryl methyl sites for hydroxylation is 1. The Hall–Kier alpha value is -1.55. The molecule has 18 heavy (non-hydrogen) atoms. The number of carbonyl (C=O) groups excluding carboxylic acids is 1. The minimum Gasteiger partial charge on any atom is -0.508 e. The highest BCUT2D eigenvalue weighted by molar-refractivity contribution is 5.96. The Morgan fingerprint density at radius 2 is 2.06 bits per heavy atom. The van der Waals surface area contributed by atoms with Crippen LogP contribution in [0.1, 0.15) is 41.6 Å². The topological polar surface area (TPSA) is 69.6 Å². The number of phenolic OH excluding ortho intramolecular Hbond substituents is 1. The Bertz CT molecular complexity index is 445. The molecule has 98 valence electrons. The lowest BCUT2D eigenvalue weighted by molar-refractivity contribution is 0.0717. The van der Waals surface area contributed by atoms with Crippen molar-refractivity contribution >= 4 is 5.91 Å². The zero-order valence-electron chi connectivity index (χ0n) is 10.5. The fourth-order valence-corrected chi connectivity index (χ4v) is 2.43. The summed E-state index contributed by atoms with van der Waals surface area (Å²) < 4.78 is 0. The van der Waals surface area contributed by atoms with Crippen LogP contribution in [0.15, 0.2) is 18.2 Å². The summed E-state index contributed by atoms with van der Waals surface area (Å²) in [7, 11) is 0. The second-order valence-corrected chi connectivity index (χ2v) is 4.93. The fourth-order valence-electron chi connectivity index (χ4n) is 2.43. The monoisotopic (exact) mass is 249 g/mol. The van der Waals surface area contributed by atoms with E-state index in [4.69, 9.17) is 0 Å². The number of phenols is 1. The minimum atomic E-state index is -0.444. The maximum Gasteiger partial charge on any atom is 0.251 e. The summed E-state index contributed by atoms with van der Waals surface area (Å²) in [6.45, 7) is 1.78. The molecular weight excluding hydrogens is 230 g/mol. The van der Waals surface area contributed by atoms with Crippen molar-refractivity contribution in [1.82, 2.24) is 5.32 Å². The summed E-state index contributed by atoms with van der Waals surface area (Å²) in [6.07, 6.45) is 3.19.